The molecule has 1 N–H and O–H groups in total. The topological polar surface area (TPSA) is 30.5 Å². The van der Waals surface area contributed by atoms with Gasteiger partial charge in [0.25, 0.3) is 0 Å². The quantitative estimate of drug-likeness (QED) is 0.923. The van der Waals surface area contributed by atoms with E-state index in [0.717, 1.165) is 30.2 Å². The number of aryl methyl sites for hydroxylation is 1. The van der Waals surface area contributed by atoms with E-state index in [1.807, 2.05) is 12.1 Å². The lowest BCUT2D eigenvalue weighted by atomic mass is 10.0. The zero-order valence-corrected chi connectivity index (χ0v) is 11.9. The smallest absolute Gasteiger partial charge is 0.231 e. The molecule has 0 fully saturated rings. The Labute approximate surface area is 119 Å². The molecular formula is C17H19NO2. The van der Waals surface area contributed by atoms with E-state index in [1.54, 1.807) is 0 Å². The fourth-order valence-electron chi connectivity index (χ4n) is 2.47. The van der Waals surface area contributed by atoms with Crippen LogP contribution in [0.25, 0.3) is 0 Å². The first-order valence-electron chi connectivity index (χ1n) is 6.89. The molecule has 0 radical (unpaired) electrons. The van der Waals surface area contributed by atoms with Crippen molar-refractivity contribution in [3.63, 3.8) is 0 Å². The summed E-state index contributed by atoms with van der Waals surface area (Å²) in [7, 11) is 0. The summed E-state index contributed by atoms with van der Waals surface area (Å²) in [5.41, 5.74) is 5.18. The average Bonchev–Trinajstić information content (AvgIpc) is 2.93. The molecule has 0 unspecified atom stereocenters. The number of hydrogen-bond acceptors (Lipinski definition) is 3. The van der Waals surface area contributed by atoms with Gasteiger partial charge in [-0.25, -0.2) is 0 Å². The average molecular weight is 269 g/mol. The van der Waals surface area contributed by atoms with Crippen LogP contribution >= 0.6 is 0 Å². The number of hydrogen-bond donors (Lipinski definition) is 1. The minimum Gasteiger partial charge on any atom is -0.454 e. The Kier molecular flexibility index (Phi) is 3.61. The molecule has 2 aromatic rings. The summed E-state index contributed by atoms with van der Waals surface area (Å²) in [6.07, 6.45) is 0. The highest BCUT2D eigenvalue weighted by atomic mass is 16.7. The van der Waals surface area contributed by atoms with Crippen molar-refractivity contribution in [2.75, 3.05) is 6.79 Å². The molecule has 0 atom stereocenters. The summed E-state index contributed by atoms with van der Waals surface area (Å²) in [6.45, 7) is 6.28. The molecular weight excluding hydrogens is 250 g/mol. The van der Waals surface area contributed by atoms with E-state index in [1.165, 1.54) is 16.7 Å². The monoisotopic (exact) mass is 269 g/mol. The van der Waals surface area contributed by atoms with Gasteiger partial charge in [-0.3, -0.25) is 0 Å². The van der Waals surface area contributed by atoms with Crippen LogP contribution in [0.2, 0.25) is 0 Å². The molecule has 0 spiro atoms. The predicted molar refractivity (Wildman–Crippen MR) is 79.0 cm³/mol. The zero-order valence-electron chi connectivity index (χ0n) is 11.9. The van der Waals surface area contributed by atoms with Crippen LogP contribution < -0.4 is 14.8 Å². The molecule has 2 aromatic carbocycles. The van der Waals surface area contributed by atoms with Crippen molar-refractivity contribution in [3.05, 3.63) is 58.7 Å². The summed E-state index contributed by atoms with van der Waals surface area (Å²) >= 11 is 0. The third-order valence-corrected chi connectivity index (χ3v) is 3.83. The summed E-state index contributed by atoms with van der Waals surface area (Å²) in [5, 5.41) is 3.48. The van der Waals surface area contributed by atoms with Crippen molar-refractivity contribution in [1.82, 2.24) is 5.32 Å². The van der Waals surface area contributed by atoms with Crippen LogP contribution in [0, 0.1) is 13.8 Å². The number of fused-ring (bicyclic) bond motifs is 1. The maximum absolute atomic E-state index is 5.51. The minimum atomic E-state index is 0.323. The highest BCUT2D eigenvalue weighted by Crippen LogP contribution is 2.35. The molecule has 0 aliphatic carbocycles. The van der Waals surface area contributed by atoms with Crippen LogP contribution in [-0.2, 0) is 13.1 Å². The van der Waals surface area contributed by atoms with Crippen LogP contribution in [0.4, 0.5) is 0 Å². The molecule has 3 nitrogen and oxygen atoms in total. The molecule has 1 aliphatic heterocycles. The van der Waals surface area contributed by atoms with E-state index in [0.29, 0.717) is 6.79 Å². The lowest BCUT2D eigenvalue weighted by Crippen LogP contribution is -2.14. The Morgan fingerprint density at radius 1 is 0.950 bits per heavy atom. The highest BCUT2D eigenvalue weighted by molar-refractivity contribution is 5.48. The lowest BCUT2D eigenvalue weighted by Gasteiger charge is -2.11. The van der Waals surface area contributed by atoms with Crippen LogP contribution in [0.1, 0.15) is 22.3 Å². The molecule has 0 saturated carbocycles. The van der Waals surface area contributed by atoms with E-state index in [-0.39, 0.29) is 0 Å². The van der Waals surface area contributed by atoms with Gasteiger partial charge in [-0.05, 0) is 36.6 Å². The van der Waals surface area contributed by atoms with E-state index < -0.39 is 0 Å². The first kappa shape index (κ1) is 13.0. The van der Waals surface area contributed by atoms with Gasteiger partial charge in [-0.1, -0.05) is 30.3 Å². The maximum Gasteiger partial charge on any atom is 0.231 e. The number of nitrogens with one attached hydrogen (secondary N) is 1. The molecule has 0 saturated heterocycles. The van der Waals surface area contributed by atoms with Gasteiger partial charge in [0.05, 0.1) is 0 Å². The Hall–Kier alpha value is -2.00. The number of ether oxygens (including phenoxy) is 2. The fraction of sp³-hybridized carbons (Fsp3) is 0.294. The molecule has 1 heterocycles. The van der Waals surface area contributed by atoms with E-state index >= 15 is 0 Å². The van der Waals surface area contributed by atoms with Gasteiger partial charge in [0.2, 0.25) is 6.79 Å². The molecule has 3 heteroatoms. The van der Waals surface area contributed by atoms with Crippen molar-refractivity contribution >= 4 is 0 Å². The van der Waals surface area contributed by atoms with Crippen LogP contribution in [0.5, 0.6) is 11.5 Å². The van der Waals surface area contributed by atoms with Crippen molar-refractivity contribution in [2.45, 2.75) is 26.9 Å². The summed E-state index contributed by atoms with van der Waals surface area (Å²) < 4.78 is 10.9. The standard InChI is InChI=1S/C17H19NO2/c1-12-5-3-6-14(13(12)2)9-18-10-15-7-4-8-16-17(15)20-11-19-16/h3-8,18H,9-11H2,1-2H3. The Bertz CT molecular complexity index is 622. The minimum absolute atomic E-state index is 0.323. The van der Waals surface area contributed by atoms with Crippen molar-refractivity contribution in [1.29, 1.82) is 0 Å². The van der Waals surface area contributed by atoms with Crippen LogP contribution in [0.15, 0.2) is 36.4 Å². The molecule has 20 heavy (non-hydrogen) atoms. The molecule has 1 aliphatic rings. The molecule has 3 rings (SSSR count). The number of para-hydroxylation sites is 1. The summed E-state index contributed by atoms with van der Waals surface area (Å²) in [5.74, 6) is 1.72. The first-order valence-corrected chi connectivity index (χ1v) is 6.89. The van der Waals surface area contributed by atoms with E-state index in [4.69, 9.17) is 9.47 Å². The van der Waals surface area contributed by atoms with Gasteiger partial charge in [0.1, 0.15) is 0 Å². The third-order valence-electron chi connectivity index (χ3n) is 3.83. The van der Waals surface area contributed by atoms with Gasteiger partial charge < -0.3 is 14.8 Å². The molecule has 104 valence electrons. The largest absolute Gasteiger partial charge is 0.454 e. The van der Waals surface area contributed by atoms with Gasteiger partial charge in [-0.15, -0.1) is 0 Å². The fourth-order valence-corrected chi connectivity index (χ4v) is 2.47. The van der Waals surface area contributed by atoms with E-state index in [2.05, 4.69) is 43.4 Å². The number of benzene rings is 2. The number of rotatable bonds is 4. The Morgan fingerprint density at radius 3 is 2.60 bits per heavy atom. The predicted octanol–water partition coefficient (Wildman–Crippen LogP) is 3.32. The van der Waals surface area contributed by atoms with Crippen molar-refractivity contribution in [2.24, 2.45) is 0 Å². The Morgan fingerprint density at radius 2 is 1.70 bits per heavy atom. The van der Waals surface area contributed by atoms with Crippen molar-refractivity contribution in [3.8, 4) is 11.5 Å². The van der Waals surface area contributed by atoms with Crippen LogP contribution in [0.3, 0.4) is 0 Å². The van der Waals surface area contributed by atoms with Gasteiger partial charge >= 0.3 is 0 Å². The third kappa shape index (κ3) is 2.49. The Balaban J connectivity index is 1.66. The lowest BCUT2D eigenvalue weighted by molar-refractivity contribution is 0.173. The second-order valence-electron chi connectivity index (χ2n) is 5.11. The summed E-state index contributed by atoms with van der Waals surface area (Å²) in [4.78, 5) is 0. The molecule has 0 aromatic heterocycles. The van der Waals surface area contributed by atoms with Gasteiger partial charge in [0.15, 0.2) is 11.5 Å². The van der Waals surface area contributed by atoms with E-state index in [9.17, 15) is 0 Å². The zero-order chi connectivity index (χ0) is 13.9. The highest BCUT2D eigenvalue weighted by Gasteiger charge is 2.16. The molecule has 0 amide bonds. The second-order valence-corrected chi connectivity index (χ2v) is 5.11. The van der Waals surface area contributed by atoms with Gasteiger partial charge in [-0.2, -0.15) is 0 Å². The van der Waals surface area contributed by atoms with Crippen molar-refractivity contribution < 1.29 is 9.47 Å². The molecule has 0 bridgehead atoms. The normalized spacial score (nSPS) is 12.7. The first-order chi connectivity index (χ1) is 9.75. The van der Waals surface area contributed by atoms with Crippen LogP contribution in [-0.4, -0.2) is 6.79 Å². The van der Waals surface area contributed by atoms with Gasteiger partial charge in [0, 0.05) is 18.7 Å². The SMILES string of the molecule is Cc1cccc(CNCc2cccc3c2OCO3)c1C. The summed E-state index contributed by atoms with van der Waals surface area (Å²) in [6, 6.07) is 12.4. The second kappa shape index (κ2) is 5.55. The maximum atomic E-state index is 5.51.